The maximum Gasteiger partial charge on any atom is 0.261 e. The van der Waals surface area contributed by atoms with E-state index in [1.165, 1.54) is 19.3 Å². The summed E-state index contributed by atoms with van der Waals surface area (Å²) in [5.74, 6) is -0.357. The Morgan fingerprint density at radius 3 is 2.59 bits per heavy atom. The monoisotopic (exact) mass is 409 g/mol. The number of nitrogens with one attached hydrogen (secondary N) is 2. The number of aromatic amines is 1. The number of nitrogens with zero attached hydrogens (tertiary/aromatic N) is 1. The second-order valence-electron chi connectivity index (χ2n) is 7.42. The molecule has 1 fully saturated rings. The van der Waals surface area contributed by atoms with Gasteiger partial charge < -0.3 is 15.2 Å². The molecular formula is C23H24ClN3O2. The number of fused-ring (bicyclic) bond motifs is 1. The van der Waals surface area contributed by atoms with Crippen molar-refractivity contribution in [1.29, 1.82) is 0 Å². The van der Waals surface area contributed by atoms with E-state index in [4.69, 9.17) is 11.6 Å². The summed E-state index contributed by atoms with van der Waals surface area (Å²) in [6.45, 7) is 3.45. The van der Waals surface area contributed by atoms with Gasteiger partial charge in [0.05, 0.1) is 0 Å². The second kappa shape index (κ2) is 8.80. The first-order chi connectivity index (χ1) is 14.1. The lowest BCUT2D eigenvalue weighted by molar-refractivity contribution is 0.0946. The summed E-state index contributed by atoms with van der Waals surface area (Å²) in [5.41, 5.74) is 1.82. The smallest absolute Gasteiger partial charge is 0.261 e. The molecule has 0 radical (unpaired) electrons. The molecule has 2 heterocycles. The topological polar surface area (TPSA) is 65.2 Å². The second-order valence-corrected chi connectivity index (χ2v) is 7.85. The van der Waals surface area contributed by atoms with E-state index in [-0.39, 0.29) is 11.5 Å². The molecule has 6 heteroatoms. The number of pyridine rings is 1. The molecule has 0 atom stereocenters. The van der Waals surface area contributed by atoms with Crippen LogP contribution < -0.4 is 10.9 Å². The van der Waals surface area contributed by atoms with E-state index >= 15 is 0 Å². The van der Waals surface area contributed by atoms with Gasteiger partial charge in [-0.05, 0) is 49.7 Å². The Hall–Kier alpha value is -2.63. The molecule has 0 unspecified atom stereocenters. The van der Waals surface area contributed by atoms with Crippen LogP contribution in [0.1, 0.15) is 29.6 Å². The Morgan fingerprint density at radius 2 is 1.83 bits per heavy atom. The normalized spacial score (nSPS) is 14.8. The van der Waals surface area contributed by atoms with Crippen LogP contribution in [0.2, 0.25) is 5.02 Å². The van der Waals surface area contributed by atoms with Gasteiger partial charge >= 0.3 is 0 Å². The molecule has 0 bridgehead atoms. The van der Waals surface area contributed by atoms with E-state index in [1.54, 1.807) is 18.2 Å². The Kier molecular flexibility index (Phi) is 5.97. The first-order valence-electron chi connectivity index (χ1n) is 10.0. The summed E-state index contributed by atoms with van der Waals surface area (Å²) < 4.78 is 0. The molecule has 1 amide bonds. The predicted molar refractivity (Wildman–Crippen MR) is 118 cm³/mol. The molecule has 0 saturated carbocycles. The number of carbonyl (C=O) groups excluding carboxylic acids is 1. The van der Waals surface area contributed by atoms with Crippen molar-refractivity contribution < 1.29 is 4.79 Å². The van der Waals surface area contributed by atoms with Gasteiger partial charge in [0.2, 0.25) is 0 Å². The van der Waals surface area contributed by atoms with Crippen molar-refractivity contribution in [2.75, 3.05) is 26.2 Å². The van der Waals surface area contributed by atoms with Crippen molar-refractivity contribution in [3.8, 4) is 11.1 Å². The minimum absolute atomic E-state index is 0.129. The number of amides is 1. The number of benzene rings is 2. The SMILES string of the molecule is O=C(NCCN1CCCCC1)c1c(-c2ccccc2)c2cc(Cl)ccc2[nH]c1=O. The number of rotatable bonds is 5. The van der Waals surface area contributed by atoms with E-state index in [0.717, 1.165) is 30.6 Å². The minimum atomic E-state index is -0.394. The van der Waals surface area contributed by atoms with Gasteiger partial charge in [-0.3, -0.25) is 9.59 Å². The zero-order chi connectivity index (χ0) is 20.2. The van der Waals surface area contributed by atoms with Gasteiger partial charge in [0.1, 0.15) is 5.56 Å². The molecule has 2 N–H and O–H groups in total. The number of halogens is 1. The lowest BCUT2D eigenvalue weighted by Gasteiger charge is -2.26. The Morgan fingerprint density at radius 1 is 1.07 bits per heavy atom. The van der Waals surface area contributed by atoms with Crippen LogP contribution >= 0.6 is 11.6 Å². The molecule has 1 aromatic heterocycles. The zero-order valence-electron chi connectivity index (χ0n) is 16.2. The fourth-order valence-corrected chi connectivity index (χ4v) is 4.16. The molecule has 1 aliphatic heterocycles. The number of aromatic nitrogens is 1. The summed E-state index contributed by atoms with van der Waals surface area (Å²) in [6.07, 6.45) is 3.69. The number of hydrogen-bond donors (Lipinski definition) is 2. The molecule has 2 aromatic carbocycles. The van der Waals surface area contributed by atoms with Crippen LogP contribution in [0, 0.1) is 0 Å². The van der Waals surface area contributed by atoms with Crippen LogP contribution in [-0.2, 0) is 0 Å². The van der Waals surface area contributed by atoms with Gasteiger partial charge in [-0.15, -0.1) is 0 Å². The minimum Gasteiger partial charge on any atom is -0.351 e. The number of likely N-dealkylation sites (tertiary alicyclic amines) is 1. The van der Waals surface area contributed by atoms with Gasteiger partial charge in [0.25, 0.3) is 11.5 Å². The first-order valence-corrected chi connectivity index (χ1v) is 10.4. The van der Waals surface area contributed by atoms with Gasteiger partial charge in [0, 0.05) is 34.6 Å². The van der Waals surface area contributed by atoms with Crippen molar-refractivity contribution in [2.24, 2.45) is 0 Å². The van der Waals surface area contributed by atoms with Crippen LogP contribution in [0.25, 0.3) is 22.0 Å². The van der Waals surface area contributed by atoms with Gasteiger partial charge in [-0.1, -0.05) is 48.4 Å². The summed E-state index contributed by atoms with van der Waals surface area (Å²) in [5, 5.41) is 4.25. The van der Waals surface area contributed by atoms with Gasteiger partial charge in [0.15, 0.2) is 0 Å². The van der Waals surface area contributed by atoms with Crippen LogP contribution in [0.4, 0.5) is 0 Å². The Labute approximate surface area is 174 Å². The van der Waals surface area contributed by atoms with Crippen LogP contribution in [-0.4, -0.2) is 42.0 Å². The molecule has 1 aliphatic rings. The van der Waals surface area contributed by atoms with Crippen LogP contribution in [0.5, 0.6) is 0 Å². The standard InChI is InChI=1S/C23H24ClN3O2/c24-17-9-10-19-18(15-17)20(16-7-3-1-4-8-16)21(23(29)26-19)22(28)25-11-14-27-12-5-2-6-13-27/h1,3-4,7-10,15H,2,5-6,11-14H2,(H,25,28)(H,26,29). The maximum atomic E-state index is 13.0. The fraction of sp³-hybridized carbons (Fsp3) is 0.304. The molecule has 3 aromatic rings. The summed E-state index contributed by atoms with van der Waals surface area (Å²) in [4.78, 5) is 31.1. The van der Waals surface area contributed by atoms with E-state index in [1.807, 2.05) is 30.3 Å². The van der Waals surface area contributed by atoms with E-state index in [9.17, 15) is 9.59 Å². The molecule has 0 aliphatic carbocycles. The third kappa shape index (κ3) is 4.36. The summed E-state index contributed by atoms with van der Waals surface area (Å²) >= 11 is 6.22. The van der Waals surface area contributed by atoms with E-state index in [0.29, 0.717) is 22.6 Å². The van der Waals surface area contributed by atoms with Gasteiger partial charge in [-0.25, -0.2) is 0 Å². The highest BCUT2D eigenvalue weighted by Gasteiger charge is 2.21. The van der Waals surface area contributed by atoms with E-state index < -0.39 is 5.56 Å². The molecular weight excluding hydrogens is 386 g/mol. The molecule has 29 heavy (non-hydrogen) atoms. The number of carbonyl (C=O) groups is 1. The zero-order valence-corrected chi connectivity index (χ0v) is 17.0. The van der Waals surface area contributed by atoms with Crippen molar-refractivity contribution in [2.45, 2.75) is 19.3 Å². The van der Waals surface area contributed by atoms with E-state index in [2.05, 4.69) is 15.2 Å². The highest BCUT2D eigenvalue weighted by atomic mass is 35.5. The van der Waals surface area contributed by atoms with Crippen LogP contribution in [0.3, 0.4) is 0 Å². The Bertz CT molecular complexity index is 1070. The number of piperidine rings is 1. The van der Waals surface area contributed by atoms with Crippen molar-refractivity contribution in [3.05, 3.63) is 69.5 Å². The molecule has 1 saturated heterocycles. The molecule has 4 rings (SSSR count). The Balaban J connectivity index is 1.70. The lowest BCUT2D eigenvalue weighted by Crippen LogP contribution is -2.39. The molecule has 150 valence electrons. The van der Waals surface area contributed by atoms with Crippen LogP contribution in [0.15, 0.2) is 53.3 Å². The third-order valence-electron chi connectivity index (χ3n) is 5.43. The van der Waals surface area contributed by atoms with Crippen molar-refractivity contribution in [3.63, 3.8) is 0 Å². The summed E-state index contributed by atoms with van der Waals surface area (Å²) in [7, 11) is 0. The number of H-pyrrole nitrogens is 1. The highest BCUT2D eigenvalue weighted by molar-refractivity contribution is 6.31. The average Bonchev–Trinajstić information content (AvgIpc) is 2.74. The largest absolute Gasteiger partial charge is 0.351 e. The summed E-state index contributed by atoms with van der Waals surface area (Å²) in [6, 6.07) is 14.8. The van der Waals surface area contributed by atoms with Crippen molar-refractivity contribution >= 4 is 28.4 Å². The lowest BCUT2D eigenvalue weighted by atomic mass is 9.96. The predicted octanol–water partition coefficient (Wildman–Crippen LogP) is 4.06. The molecule has 5 nitrogen and oxygen atoms in total. The molecule has 0 spiro atoms. The van der Waals surface area contributed by atoms with Gasteiger partial charge in [-0.2, -0.15) is 0 Å². The maximum absolute atomic E-state index is 13.0. The highest BCUT2D eigenvalue weighted by Crippen LogP contribution is 2.31. The average molecular weight is 410 g/mol. The quantitative estimate of drug-likeness (QED) is 0.667. The van der Waals surface area contributed by atoms with Crippen molar-refractivity contribution in [1.82, 2.24) is 15.2 Å². The fourth-order valence-electron chi connectivity index (χ4n) is 3.99. The number of hydrogen-bond acceptors (Lipinski definition) is 3. The third-order valence-corrected chi connectivity index (χ3v) is 5.66. The first kappa shape index (κ1) is 19.7.